The first kappa shape index (κ1) is 20.2. The minimum absolute atomic E-state index is 0.210. The number of fused-ring (bicyclic) bond motifs is 3. The summed E-state index contributed by atoms with van der Waals surface area (Å²) in [5.41, 5.74) is 2.82. The van der Waals surface area contributed by atoms with Crippen molar-refractivity contribution in [3.63, 3.8) is 0 Å². The van der Waals surface area contributed by atoms with Gasteiger partial charge in [-0.2, -0.15) is 4.98 Å². The zero-order valence-electron chi connectivity index (χ0n) is 17.4. The van der Waals surface area contributed by atoms with Crippen molar-refractivity contribution in [3.8, 4) is 22.8 Å². The Bertz CT molecular complexity index is 876. The molecule has 0 saturated carbocycles. The summed E-state index contributed by atoms with van der Waals surface area (Å²) in [7, 11) is 3.26. The molecule has 28 heavy (non-hydrogen) atoms. The SMILES string of the molecule is CCCCCC[C@@H](C)Nc1cc2n(c(=O)n1)CCc1cc(OC)c(OC)cc1-2. The molecule has 2 aromatic rings. The number of anilines is 1. The second-order valence-corrected chi connectivity index (χ2v) is 7.47. The topological polar surface area (TPSA) is 65.4 Å². The Labute approximate surface area is 166 Å². The summed E-state index contributed by atoms with van der Waals surface area (Å²) in [6, 6.07) is 6.22. The van der Waals surface area contributed by atoms with Gasteiger partial charge in [0, 0.05) is 24.2 Å². The lowest BCUT2D eigenvalue weighted by Crippen LogP contribution is -2.30. The Kier molecular flexibility index (Phi) is 6.60. The van der Waals surface area contributed by atoms with E-state index in [9.17, 15) is 4.79 Å². The lowest BCUT2D eigenvalue weighted by Gasteiger charge is -2.24. The van der Waals surface area contributed by atoms with E-state index in [-0.39, 0.29) is 11.7 Å². The molecule has 1 aliphatic rings. The Morgan fingerprint density at radius 3 is 2.61 bits per heavy atom. The summed E-state index contributed by atoms with van der Waals surface area (Å²) in [6.07, 6.45) is 6.78. The van der Waals surface area contributed by atoms with E-state index in [2.05, 4.69) is 24.1 Å². The van der Waals surface area contributed by atoms with Gasteiger partial charge in [-0.3, -0.25) is 4.57 Å². The Morgan fingerprint density at radius 1 is 1.14 bits per heavy atom. The molecule has 0 aliphatic carbocycles. The molecule has 2 heterocycles. The highest BCUT2D eigenvalue weighted by atomic mass is 16.5. The molecule has 6 heteroatoms. The Balaban J connectivity index is 1.88. The van der Waals surface area contributed by atoms with Gasteiger partial charge in [-0.1, -0.05) is 32.6 Å². The van der Waals surface area contributed by atoms with Crippen LogP contribution in [0.5, 0.6) is 11.5 Å². The maximum Gasteiger partial charge on any atom is 0.349 e. The smallest absolute Gasteiger partial charge is 0.349 e. The number of aryl methyl sites for hydroxylation is 1. The molecule has 1 aliphatic heterocycles. The molecule has 1 atom stereocenters. The van der Waals surface area contributed by atoms with Crippen LogP contribution in [-0.2, 0) is 13.0 Å². The number of rotatable bonds is 9. The lowest BCUT2D eigenvalue weighted by atomic mass is 9.97. The van der Waals surface area contributed by atoms with Gasteiger partial charge < -0.3 is 14.8 Å². The van der Waals surface area contributed by atoms with Crippen molar-refractivity contribution in [1.29, 1.82) is 0 Å². The van der Waals surface area contributed by atoms with Crippen LogP contribution in [0.3, 0.4) is 0 Å². The van der Waals surface area contributed by atoms with Gasteiger partial charge in [0.05, 0.1) is 19.9 Å². The Morgan fingerprint density at radius 2 is 1.89 bits per heavy atom. The molecule has 0 amide bonds. The second kappa shape index (κ2) is 9.13. The third-order valence-corrected chi connectivity index (χ3v) is 5.39. The normalized spacial score (nSPS) is 13.4. The first-order valence-electron chi connectivity index (χ1n) is 10.2. The van der Waals surface area contributed by atoms with Crippen LogP contribution >= 0.6 is 0 Å². The van der Waals surface area contributed by atoms with Crippen molar-refractivity contribution >= 4 is 5.82 Å². The van der Waals surface area contributed by atoms with Crippen molar-refractivity contribution in [1.82, 2.24) is 9.55 Å². The standard InChI is InChI=1S/C22H31N3O3/c1-5-6-7-8-9-15(2)23-21-14-18-17-13-20(28-4)19(27-3)12-16(17)10-11-25(18)22(26)24-21/h12-15H,5-11H2,1-4H3,(H,23,24,26)/t15-/m1/s1. The number of hydrogen-bond donors (Lipinski definition) is 1. The van der Waals surface area contributed by atoms with Crippen LogP contribution < -0.4 is 20.5 Å². The highest BCUT2D eigenvalue weighted by molar-refractivity contribution is 5.71. The molecule has 0 fully saturated rings. The molecule has 1 aromatic carbocycles. The first-order valence-corrected chi connectivity index (χ1v) is 10.2. The minimum Gasteiger partial charge on any atom is -0.493 e. The van der Waals surface area contributed by atoms with E-state index in [0.717, 1.165) is 29.7 Å². The van der Waals surface area contributed by atoms with Crippen LogP contribution in [-0.4, -0.2) is 29.8 Å². The molecule has 152 valence electrons. The molecule has 0 bridgehead atoms. The number of hydrogen-bond acceptors (Lipinski definition) is 5. The van der Waals surface area contributed by atoms with E-state index in [0.29, 0.717) is 23.9 Å². The molecule has 6 nitrogen and oxygen atoms in total. The molecule has 0 saturated heterocycles. The molecule has 3 rings (SSSR count). The molecule has 0 unspecified atom stereocenters. The van der Waals surface area contributed by atoms with Crippen LogP contribution in [0.2, 0.25) is 0 Å². The van der Waals surface area contributed by atoms with Crippen LogP contribution in [0.1, 0.15) is 51.5 Å². The number of unbranched alkanes of at least 4 members (excludes halogenated alkanes) is 3. The summed E-state index contributed by atoms with van der Waals surface area (Å²) in [6.45, 7) is 4.98. The largest absolute Gasteiger partial charge is 0.493 e. The number of ether oxygens (including phenoxy) is 2. The maximum absolute atomic E-state index is 12.6. The monoisotopic (exact) mass is 385 g/mol. The van der Waals surface area contributed by atoms with Gasteiger partial charge in [0.15, 0.2) is 11.5 Å². The fraction of sp³-hybridized carbons (Fsp3) is 0.545. The van der Waals surface area contributed by atoms with Crippen LogP contribution in [0, 0.1) is 0 Å². The number of benzene rings is 1. The average molecular weight is 386 g/mol. The predicted octanol–water partition coefficient (Wildman–Crippen LogP) is 4.25. The van der Waals surface area contributed by atoms with Gasteiger partial charge in [-0.25, -0.2) is 4.79 Å². The van der Waals surface area contributed by atoms with Crippen molar-refractivity contribution < 1.29 is 9.47 Å². The zero-order valence-corrected chi connectivity index (χ0v) is 17.4. The Hall–Kier alpha value is -2.50. The molecule has 0 radical (unpaired) electrons. The summed E-state index contributed by atoms with van der Waals surface area (Å²) in [5.74, 6) is 2.02. The van der Waals surface area contributed by atoms with Crippen molar-refractivity contribution in [2.45, 2.75) is 65.0 Å². The molecule has 1 aromatic heterocycles. The quantitative estimate of drug-likeness (QED) is 0.654. The predicted molar refractivity (Wildman–Crippen MR) is 113 cm³/mol. The van der Waals surface area contributed by atoms with Gasteiger partial charge in [0.25, 0.3) is 0 Å². The number of methoxy groups -OCH3 is 2. The van der Waals surface area contributed by atoms with E-state index in [1.165, 1.54) is 25.7 Å². The lowest BCUT2D eigenvalue weighted by molar-refractivity contribution is 0.354. The third-order valence-electron chi connectivity index (χ3n) is 5.39. The number of aromatic nitrogens is 2. The second-order valence-electron chi connectivity index (χ2n) is 7.47. The third kappa shape index (κ3) is 4.32. The van der Waals surface area contributed by atoms with Crippen LogP contribution in [0.4, 0.5) is 5.82 Å². The highest BCUT2D eigenvalue weighted by Crippen LogP contribution is 2.38. The molecule has 0 spiro atoms. The number of nitrogens with zero attached hydrogens (tertiary/aromatic N) is 2. The maximum atomic E-state index is 12.6. The van der Waals surface area contributed by atoms with Gasteiger partial charge in [-0.05, 0) is 37.5 Å². The van der Waals surface area contributed by atoms with Gasteiger partial charge in [-0.15, -0.1) is 0 Å². The summed E-state index contributed by atoms with van der Waals surface area (Å²) in [5, 5.41) is 3.41. The van der Waals surface area contributed by atoms with Crippen molar-refractivity contribution in [2.24, 2.45) is 0 Å². The summed E-state index contributed by atoms with van der Waals surface area (Å²) >= 11 is 0. The van der Waals surface area contributed by atoms with Gasteiger partial charge >= 0.3 is 5.69 Å². The van der Waals surface area contributed by atoms with E-state index < -0.39 is 0 Å². The van der Waals surface area contributed by atoms with E-state index in [1.807, 2.05) is 18.2 Å². The fourth-order valence-electron chi connectivity index (χ4n) is 3.82. The number of nitrogens with one attached hydrogen (secondary N) is 1. The minimum atomic E-state index is -0.210. The van der Waals surface area contributed by atoms with E-state index >= 15 is 0 Å². The zero-order chi connectivity index (χ0) is 20.1. The van der Waals surface area contributed by atoms with Crippen LogP contribution in [0.15, 0.2) is 23.0 Å². The molecule has 1 N–H and O–H groups in total. The van der Waals surface area contributed by atoms with E-state index in [4.69, 9.17) is 9.47 Å². The molecular formula is C22H31N3O3. The molecular weight excluding hydrogens is 354 g/mol. The first-order chi connectivity index (χ1) is 13.6. The summed E-state index contributed by atoms with van der Waals surface area (Å²) < 4.78 is 12.6. The van der Waals surface area contributed by atoms with Crippen LogP contribution in [0.25, 0.3) is 11.3 Å². The van der Waals surface area contributed by atoms with E-state index in [1.54, 1.807) is 18.8 Å². The van der Waals surface area contributed by atoms with Gasteiger partial charge in [0.1, 0.15) is 5.82 Å². The average Bonchev–Trinajstić information content (AvgIpc) is 2.70. The fourth-order valence-corrected chi connectivity index (χ4v) is 3.82. The van der Waals surface area contributed by atoms with Crippen molar-refractivity contribution in [3.05, 3.63) is 34.2 Å². The van der Waals surface area contributed by atoms with Crippen molar-refractivity contribution in [2.75, 3.05) is 19.5 Å². The summed E-state index contributed by atoms with van der Waals surface area (Å²) in [4.78, 5) is 16.9. The highest BCUT2D eigenvalue weighted by Gasteiger charge is 2.21. The van der Waals surface area contributed by atoms with Gasteiger partial charge in [0.2, 0.25) is 0 Å².